The number of rotatable bonds is 4. The molecule has 1 aromatic carbocycles. The highest BCUT2D eigenvalue weighted by Crippen LogP contribution is 2.34. The number of benzene rings is 1. The Morgan fingerprint density at radius 1 is 1.53 bits per heavy atom. The fraction of sp³-hybridized carbons (Fsp3) is 0.364. The highest BCUT2D eigenvalue weighted by molar-refractivity contribution is 6.33. The van der Waals surface area contributed by atoms with Crippen molar-refractivity contribution >= 4 is 23.1 Å². The van der Waals surface area contributed by atoms with Crippen molar-refractivity contribution in [3.05, 3.63) is 28.8 Å². The van der Waals surface area contributed by atoms with E-state index in [1.54, 1.807) is 6.92 Å². The topological polar surface area (TPSA) is 70.6 Å². The van der Waals surface area contributed by atoms with Crippen molar-refractivity contribution < 1.29 is 18.4 Å². The van der Waals surface area contributed by atoms with Crippen LogP contribution in [0.15, 0.2) is 23.4 Å². The van der Waals surface area contributed by atoms with E-state index in [-0.39, 0.29) is 16.5 Å². The molecule has 8 heteroatoms. The van der Waals surface area contributed by atoms with Crippen LogP contribution in [0.2, 0.25) is 5.02 Å². The second kappa shape index (κ2) is 6.01. The summed E-state index contributed by atoms with van der Waals surface area (Å²) in [6, 6.07) is 2.31. The van der Waals surface area contributed by atoms with Crippen LogP contribution >= 0.6 is 11.6 Å². The van der Waals surface area contributed by atoms with Crippen molar-refractivity contribution in [2.45, 2.75) is 25.6 Å². The Morgan fingerprint density at radius 3 is 2.63 bits per heavy atom. The summed E-state index contributed by atoms with van der Waals surface area (Å²) >= 11 is 5.82. The standard InChI is InChI=1S/C11H13ClF3N3O/c1-2-8(10(16)18-19)17-9-5-6(11(13,14)15)3-4-7(9)12/h3-5,8,17,19H,2H2,1H3,(H2,16,18). The van der Waals surface area contributed by atoms with E-state index in [9.17, 15) is 13.2 Å². The lowest BCUT2D eigenvalue weighted by Gasteiger charge is -2.18. The van der Waals surface area contributed by atoms with Gasteiger partial charge in [0.05, 0.1) is 22.3 Å². The van der Waals surface area contributed by atoms with Gasteiger partial charge in [0.15, 0.2) is 5.84 Å². The molecule has 4 nitrogen and oxygen atoms in total. The minimum absolute atomic E-state index is 0.0786. The number of oxime groups is 1. The van der Waals surface area contributed by atoms with Gasteiger partial charge in [0, 0.05) is 0 Å². The molecular formula is C11H13ClF3N3O. The predicted molar refractivity (Wildman–Crippen MR) is 67.6 cm³/mol. The summed E-state index contributed by atoms with van der Waals surface area (Å²) in [7, 11) is 0. The first kappa shape index (κ1) is 15.4. The van der Waals surface area contributed by atoms with Crippen LogP contribution in [0.5, 0.6) is 0 Å². The summed E-state index contributed by atoms with van der Waals surface area (Å²) in [4.78, 5) is 0. The average molecular weight is 296 g/mol. The Morgan fingerprint density at radius 2 is 2.16 bits per heavy atom. The zero-order chi connectivity index (χ0) is 14.6. The number of nitrogens with one attached hydrogen (secondary N) is 1. The Labute approximate surface area is 113 Å². The van der Waals surface area contributed by atoms with Crippen LogP contribution in [0.3, 0.4) is 0 Å². The highest BCUT2D eigenvalue weighted by Gasteiger charge is 2.31. The van der Waals surface area contributed by atoms with E-state index in [4.69, 9.17) is 22.5 Å². The normalized spacial score (nSPS) is 14.3. The highest BCUT2D eigenvalue weighted by atomic mass is 35.5. The minimum atomic E-state index is -4.46. The van der Waals surface area contributed by atoms with Crippen LogP contribution in [0.25, 0.3) is 0 Å². The van der Waals surface area contributed by atoms with Gasteiger partial charge in [0.1, 0.15) is 0 Å². The maximum atomic E-state index is 12.6. The molecule has 4 N–H and O–H groups in total. The summed E-state index contributed by atoms with van der Waals surface area (Å²) in [5, 5.41) is 14.2. The number of amidine groups is 1. The summed E-state index contributed by atoms with van der Waals surface area (Å²) in [5.41, 5.74) is 4.68. The molecule has 0 aromatic heterocycles. The molecule has 0 aliphatic rings. The molecular weight excluding hydrogens is 283 g/mol. The lowest BCUT2D eigenvalue weighted by Crippen LogP contribution is -2.35. The van der Waals surface area contributed by atoms with Crippen LogP contribution in [-0.4, -0.2) is 17.1 Å². The molecule has 0 heterocycles. The first-order valence-corrected chi connectivity index (χ1v) is 5.78. The Bertz CT molecular complexity index is 477. The molecule has 19 heavy (non-hydrogen) atoms. The molecule has 1 aromatic rings. The molecule has 0 aliphatic carbocycles. The third-order valence-electron chi connectivity index (χ3n) is 2.50. The van der Waals surface area contributed by atoms with Gasteiger partial charge in [-0.3, -0.25) is 0 Å². The monoisotopic (exact) mass is 295 g/mol. The number of hydrogen-bond donors (Lipinski definition) is 3. The molecule has 1 rings (SSSR count). The number of hydrogen-bond acceptors (Lipinski definition) is 3. The number of nitrogens with zero attached hydrogens (tertiary/aromatic N) is 1. The number of alkyl halides is 3. The third kappa shape index (κ3) is 3.92. The van der Waals surface area contributed by atoms with E-state index in [1.807, 2.05) is 0 Å². The van der Waals surface area contributed by atoms with Crippen LogP contribution in [0.1, 0.15) is 18.9 Å². The first-order valence-electron chi connectivity index (χ1n) is 5.40. The van der Waals surface area contributed by atoms with Crippen LogP contribution in [0, 0.1) is 0 Å². The largest absolute Gasteiger partial charge is 0.416 e. The maximum absolute atomic E-state index is 12.6. The molecule has 0 fully saturated rings. The zero-order valence-electron chi connectivity index (χ0n) is 10.0. The van der Waals surface area contributed by atoms with E-state index < -0.39 is 17.8 Å². The van der Waals surface area contributed by atoms with Gasteiger partial charge < -0.3 is 16.3 Å². The van der Waals surface area contributed by atoms with Crippen LogP contribution in [0.4, 0.5) is 18.9 Å². The van der Waals surface area contributed by atoms with Crippen LogP contribution < -0.4 is 11.1 Å². The minimum Gasteiger partial charge on any atom is -0.409 e. The number of nitrogens with two attached hydrogens (primary N) is 1. The van der Waals surface area contributed by atoms with Crippen LogP contribution in [-0.2, 0) is 6.18 Å². The van der Waals surface area contributed by atoms with Gasteiger partial charge in [-0.05, 0) is 24.6 Å². The van der Waals surface area contributed by atoms with Gasteiger partial charge in [-0.15, -0.1) is 0 Å². The fourth-order valence-electron chi connectivity index (χ4n) is 1.45. The fourth-order valence-corrected chi connectivity index (χ4v) is 1.63. The van der Waals surface area contributed by atoms with Crippen molar-refractivity contribution in [1.29, 1.82) is 0 Å². The second-order valence-corrected chi connectivity index (χ2v) is 4.23. The van der Waals surface area contributed by atoms with E-state index in [1.165, 1.54) is 0 Å². The maximum Gasteiger partial charge on any atom is 0.416 e. The SMILES string of the molecule is CCC(Nc1cc(C(F)(F)F)ccc1Cl)C(N)=NO. The van der Waals surface area contributed by atoms with Crippen molar-refractivity contribution in [3.63, 3.8) is 0 Å². The summed E-state index contributed by atoms with van der Waals surface area (Å²) in [5.74, 6) is -0.129. The lowest BCUT2D eigenvalue weighted by molar-refractivity contribution is -0.137. The van der Waals surface area contributed by atoms with Crippen molar-refractivity contribution in [3.8, 4) is 0 Å². The van der Waals surface area contributed by atoms with E-state index in [2.05, 4.69) is 10.5 Å². The molecule has 0 saturated carbocycles. The Hall–Kier alpha value is -1.63. The molecule has 1 unspecified atom stereocenters. The first-order chi connectivity index (χ1) is 8.79. The van der Waals surface area contributed by atoms with Gasteiger partial charge >= 0.3 is 6.18 Å². The lowest BCUT2D eigenvalue weighted by atomic mass is 10.1. The van der Waals surface area contributed by atoms with E-state index in [0.29, 0.717) is 6.42 Å². The number of halogens is 4. The van der Waals surface area contributed by atoms with E-state index in [0.717, 1.165) is 18.2 Å². The summed E-state index contributed by atoms with van der Waals surface area (Å²) < 4.78 is 37.8. The quantitative estimate of drug-likeness (QED) is 0.345. The Kier molecular flexibility index (Phi) is 4.88. The van der Waals surface area contributed by atoms with Crippen molar-refractivity contribution in [2.75, 3.05) is 5.32 Å². The van der Waals surface area contributed by atoms with Gasteiger partial charge in [-0.2, -0.15) is 13.2 Å². The molecule has 0 saturated heterocycles. The third-order valence-corrected chi connectivity index (χ3v) is 2.83. The molecule has 0 aliphatic heterocycles. The summed E-state index contributed by atoms with van der Waals surface area (Å²) in [6.45, 7) is 1.73. The smallest absolute Gasteiger partial charge is 0.409 e. The van der Waals surface area contributed by atoms with Gasteiger partial charge in [-0.25, -0.2) is 0 Å². The second-order valence-electron chi connectivity index (χ2n) is 3.82. The van der Waals surface area contributed by atoms with Crippen molar-refractivity contribution in [2.24, 2.45) is 10.9 Å². The summed E-state index contributed by atoms with van der Waals surface area (Å²) in [6.07, 6.45) is -4.04. The average Bonchev–Trinajstić information content (AvgIpc) is 2.35. The molecule has 1 atom stereocenters. The van der Waals surface area contributed by atoms with Gasteiger partial charge in [0.25, 0.3) is 0 Å². The van der Waals surface area contributed by atoms with E-state index >= 15 is 0 Å². The van der Waals surface area contributed by atoms with Crippen molar-refractivity contribution in [1.82, 2.24) is 0 Å². The molecule has 0 amide bonds. The predicted octanol–water partition coefficient (Wildman–Crippen LogP) is 3.30. The Balaban J connectivity index is 3.06. The molecule has 0 spiro atoms. The van der Waals surface area contributed by atoms with Gasteiger partial charge in [-0.1, -0.05) is 23.7 Å². The zero-order valence-corrected chi connectivity index (χ0v) is 10.8. The molecule has 0 radical (unpaired) electrons. The molecule has 0 bridgehead atoms. The molecule has 106 valence electrons. The number of anilines is 1. The van der Waals surface area contributed by atoms with Gasteiger partial charge in [0.2, 0.25) is 0 Å².